The van der Waals surface area contributed by atoms with Gasteiger partial charge in [0.05, 0.1) is 0 Å². The molecule has 0 radical (unpaired) electrons. The summed E-state index contributed by atoms with van der Waals surface area (Å²) in [7, 11) is 0. The van der Waals surface area contributed by atoms with Crippen molar-refractivity contribution in [2.75, 3.05) is 13.2 Å². The van der Waals surface area contributed by atoms with Crippen LogP contribution >= 0.6 is 0 Å². The fourth-order valence-corrected chi connectivity index (χ4v) is 2.47. The maximum Gasteiger partial charge on any atom is 0.0469 e. The second kappa shape index (κ2) is 3.97. The second-order valence-electron chi connectivity index (χ2n) is 4.72. The van der Waals surface area contributed by atoms with Crippen molar-refractivity contribution in [1.82, 2.24) is 0 Å². The van der Waals surface area contributed by atoms with Crippen molar-refractivity contribution in [3.63, 3.8) is 0 Å². The van der Waals surface area contributed by atoms with Crippen LogP contribution in [0, 0.1) is 17.8 Å². The van der Waals surface area contributed by atoms with Crippen molar-refractivity contribution < 1.29 is 4.74 Å². The molecule has 2 unspecified atom stereocenters. The van der Waals surface area contributed by atoms with Crippen molar-refractivity contribution in [3.05, 3.63) is 0 Å². The Morgan fingerprint density at radius 3 is 2.23 bits per heavy atom. The third-order valence-electron chi connectivity index (χ3n) is 3.78. The number of hydrogen-bond acceptors (Lipinski definition) is 2. The summed E-state index contributed by atoms with van der Waals surface area (Å²) >= 11 is 0. The van der Waals surface area contributed by atoms with E-state index in [-0.39, 0.29) is 0 Å². The Morgan fingerprint density at radius 1 is 1.08 bits per heavy atom. The van der Waals surface area contributed by atoms with Gasteiger partial charge in [-0.15, -0.1) is 0 Å². The van der Waals surface area contributed by atoms with Gasteiger partial charge in [0.15, 0.2) is 0 Å². The third kappa shape index (κ3) is 2.23. The van der Waals surface area contributed by atoms with Crippen LogP contribution < -0.4 is 5.73 Å². The molecule has 0 aromatic heterocycles. The van der Waals surface area contributed by atoms with Crippen molar-refractivity contribution >= 4 is 0 Å². The molecule has 0 amide bonds. The molecule has 2 N–H and O–H groups in total. The average Bonchev–Trinajstić information content (AvgIpc) is 3.00. The molecule has 13 heavy (non-hydrogen) atoms. The van der Waals surface area contributed by atoms with E-state index in [0.29, 0.717) is 6.04 Å². The summed E-state index contributed by atoms with van der Waals surface area (Å²) < 4.78 is 5.35. The largest absolute Gasteiger partial charge is 0.381 e. The minimum atomic E-state index is 0.427. The first-order chi connectivity index (χ1) is 6.29. The Labute approximate surface area is 80.8 Å². The molecule has 2 atom stereocenters. The zero-order valence-corrected chi connectivity index (χ0v) is 8.54. The summed E-state index contributed by atoms with van der Waals surface area (Å²) in [4.78, 5) is 0. The van der Waals surface area contributed by atoms with E-state index >= 15 is 0 Å². The summed E-state index contributed by atoms with van der Waals surface area (Å²) in [5.41, 5.74) is 6.28. The SMILES string of the molecule is CC(C1CC1)C(N)C1CCOCC1. The van der Waals surface area contributed by atoms with Crippen molar-refractivity contribution in [3.8, 4) is 0 Å². The van der Waals surface area contributed by atoms with Gasteiger partial charge in [-0.1, -0.05) is 6.92 Å². The maximum absolute atomic E-state index is 6.28. The number of ether oxygens (including phenoxy) is 1. The molecule has 2 nitrogen and oxygen atoms in total. The number of nitrogens with two attached hydrogens (primary N) is 1. The van der Waals surface area contributed by atoms with Crippen LogP contribution in [0.25, 0.3) is 0 Å². The summed E-state index contributed by atoms with van der Waals surface area (Å²) in [6.07, 6.45) is 5.19. The van der Waals surface area contributed by atoms with E-state index in [1.807, 2.05) is 0 Å². The molecule has 76 valence electrons. The van der Waals surface area contributed by atoms with Gasteiger partial charge in [0.25, 0.3) is 0 Å². The summed E-state index contributed by atoms with van der Waals surface area (Å²) in [6.45, 7) is 4.18. The Morgan fingerprint density at radius 2 is 1.69 bits per heavy atom. The molecule has 1 aliphatic carbocycles. The smallest absolute Gasteiger partial charge is 0.0469 e. The molecule has 1 saturated heterocycles. The van der Waals surface area contributed by atoms with E-state index in [0.717, 1.165) is 31.0 Å². The van der Waals surface area contributed by atoms with Crippen LogP contribution in [-0.4, -0.2) is 19.3 Å². The third-order valence-corrected chi connectivity index (χ3v) is 3.78. The quantitative estimate of drug-likeness (QED) is 0.724. The molecule has 0 bridgehead atoms. The van der Waals surface area contributed by atoms with E-state index in [1.54, 1.807) is 0 Å². The Bertz CT molecular complexity index is 161. The lowest BCUT2D eigenvalue weighted by atomic mass is 9.83. The Kier molecular flexibility index (Phi) is 2.89. The first-order valence-corrected chi connectivity index (χ1v) is 5.62. The van der Waals surface area contributed by atoms with E-state index in [9.17, 15) is 0 Å². The van der Waals surface area contributed by atoms with Crippen molar-refractivity contribution in [1.29, 1.82) is 0 Å². The first kappa shape index (κ1) is 9.47. The number of rotatable bonds is 3. The van der Waals surface area contributed by atoms with Gasteiger partial charge in [-0.05, 0) is 43.4 Å². The molecule has 1 aliphatic heterocycles. The molecule has 2 heteroatoms. The Hall–Kier alpha value is -0.0800. The van der Waals surface area contributed by atoms with E-state index in [1.165, 1.54) is 25.7 Å². The minimum Gasteiger partial charge on any atom is -0.381 e. The minimum absolute atomic E-state index is 0.427. The van der Waals surface area contributed by atoms with E-state index in [4.69, 9.17) is 10.5 Å². The van der Waals surface area contributed by atoms with Gasteiger partial charge in [0.2, 0.25) is 0 Å². The highest BCUT2D eigenvalue weighted by atomic mass is 16.5. The highest BCUT2D eigenvalue weighted by molar-refractivity contribution is 4.88. The molecule has 2 rings (SSSR count). The van der Waals surface area contributed by atoms with Crippen LogP contribution in [0.1, 0.15) is 32.6 Å². The Balaban J connectivity index is 1.82. The van der Waals surface area contributed by atoms with E-state index < -0.39 is 0 Å². The van der Waals surface area contributed by atoms with Gasteiger partial charge >= 0.3 is 0 Å². The van der Waals surface area contributed by atoms with Crippen molar-refractivity contribution in [2.24, 2.45) is 23.5 Å². The lowest BCUT2D eigenvalue weighted by molar-refractivity contribution is 0.0506. The number of hydrogen-bond donors (Lipinski definition) is 1. The van der Waals surface area contributed by atoms with Gasteiger partial charge in [0.1, 0.15) is 0 Å². The molecule has 1 saturated carbocycles. The van der Waals surface area contributed by atoms with Crippen LogP contribution in [0.15, 0.2) is 0 Å². The maximum atomic E-state index is 6.28. The monoisotopic (exact) mass is 183 g/mol. The molecule has 1 heterocycles. The fraction of sp³-hybridized carbons (Fsp3) is 1.00. The van der Waals surface area contributed by atoms with Crippen molar-refractivity contribution in [2.45, 2.75) is 38.6 Å². The van der Waals surface area contributed by atoms with Gasteiger partial charge in [-0.25, -0.2) is 0 Å². The van der Waals surface area contributed by atoms with Crippen LogP contribution in [0.5, 0.6) is 0 Å². The first-order valence-electron chi connectivity index (χ1n) is 5.62. The van der Waals surface area contributed by atoms with Crippen LogP contribution in [0.2, 0.25) is 0 Å². The average molecular weight is 183 g/mol. The zero-order chi connectivity index (χ0) is 9.26. The summed E-state index contributed by atoms with van der Waals surface area (Å²) in [6, 6.07) is 0.427. The van der Waals surface area contributed by atoms with Gasteiger partial charge in [-0.2, -0.15) is 0 Å². The highest BCUT2D eigenvalue weighted by Gasteiger charge is 2.35. The highest BCUT2D eigenvalue weighted by Crippen LogP contribution is 2.40. The molecule has 2 fully saturated rings. The van der Waals surface area contributed by atoms with Crippen LogP contribution in [-0.2, 0) is 4.74 Å². The molecular weight excluding hydrogens is 162 g/mol. The molecule has 0 spiro atoms. The normalized spacial score (nSPS) is 30.0. The molecule has 0 aromatic carbocycles. The second-order valence-corrected chi connectivity index (χ2v) is 4.72. The summed E-state index contributed by atoms with van der Waals surface area (Å²) in [5, 5.41) is 0. The predicted molar refractivity (Wildman–Crippen MR) is 53.4 cm³/mol. The molecule has 2 aliphatic rings. The van der Waals surface area contributed by atoms with Gasteiger partial charge in [0, 0.05) is 19.3 Å². The molecular formula is C11H21NO. The summed E-state index contributed by atoms with van der Waals surface area (Å²) in [5.74, 6) is 2.41. The lowest BCUT2D eigenvalue weighted by Crippen LogP contribution is -2.40. The van der Waals surface area contributed by atoms with Crippen LogP contribution in [0.4, 0.5) is 0 Å². The predicted octanol–water partition coefficient (Wildman–Crippen LogP) is 1.79. The van der Waals surface area contributed by atoms with E-state index in [2.05, 4.69) is 6.92 Å². The standard InChI is InChI=1S/C11H21NO/c1-8(9-2-3-9)11(12)10-4-6-13-7-5-10/h8-11H,2-7,12H2,1H3. The van der Waals surface area contributed by atoms with Gasteiger partial charge < -0.3 is 10.5 Å². The lowest BCUT2D eigenvalue weighted by Gasteiger charge is -2.31. The zero-order valence-electron chi connectivity index (χ0n) is 8.54. The van der Waals surface area contributed by atoms with Crippen LogP contribution in [0.3, 0.4) is 0 Å². The topological polar surface area (TPSA) is 35.2 Å². The van der Waals surface area contributed by atoms with Gasteiger partial charge in [-0.3, -0.25) is 0 Å². The fourth-order valence-electron chi connectivity index (χ4n) is 2.47. The molecule has 0 aromatic rings.